The van der Waals surface area contributed by atoms with Gasteiger partial charge in [0.25, 0.3) is 5.91 Å². The highest BCUT2D eigenvalue weighted by atomic mass is 16.2. The molecule has 1 aliphatic heterocycles. The van der Waals surface area contributed by atoms with Crippen molar-refractivity contribution in [2.24, 2.45) is 0 Å². The van der Waals surface area contributed by atoms with E-state index in [4.69, 9.17) is 0 Å². The number of benzene rings is 1. The third-order valence-corrected chi connectivity index (χ3v) is 5.01. The van der Waals surface area contributed by atoms with Crippen LogP contribution in [0, 0.1) is 6.92 Å². The highest BCUT2D eigenvalue weighted by Gasteiger charge is 2.25. The van der Waals surface area contributed by atoms with Gasteiger partial charge >= 0.3 is 0 Å². The van der Waals surface area contributed by atoms with E-state index in [2.05, 4.69) is 44.4 Å². The van der Waals surface area contributed by atoms with Crippen molar-refractivity contribution < 1.29 is 4.79 Å². The Hall–Kier alpha value is -2.89. The largest absolute Gasteiger partial charge is 0.341 e. The molecular weight excluding hydrogens is 314 g/mol. The van der Waals surface area contributed by atoms with Crippen molar-refractivity contribution in [3.63, 3.8) is 0 Å². The van der Waals surface area contributed by atoms with Gasteiger partial charge in [-0.1, -0.05) is 24.3 Å². The molecule has 1 aromatic carbocycles. The second-order valence-corrected chi connectivity index (χ2v) is 6.57. The van der Waals surface area contributed by atoms with Crippen LogP contribution in [0.3, 0.4) is 0 Å². The zero-order valence-electron chi connectivity index (χ0n) is 14.2. The maximum absolute atomic E-state index is 12.4. The molecule has 0 atom stereocenters. The van der Waals surface area contributed by atoms with Crippen LogP contribution in [0.1, 0.15) is 40.5 Å². The van der Waals surface area contributed by atoms with Crippen LogP contribution in [0.15, 0.2) is 43.0 Å². The summed E-state index contributed by atoms with van der Waals surface area (Å²) in [5.74, 6) is 0.525. The molecule has 0 radical (unpaired) electrons. The van der Waals surface area contributed by atoms with Crippen molar-refractivity contribution >= 4 is 5.91 Å². The van der Waals surface area contributed by atoms with Crippen molar-refractivity contribution in [1.29, 1.82) is 0 Å². The van der Waals surface area contributed by atoms with Crippen LogP contribution in [0.4, 0.5) is 0 Å². The predicted octanol–water partition coefficient (Wildman–Crippen LogP) is 3.13. The molecule has 128 valence electrons. The first kappa shape index (κ1) is 15.6. The average molecular weight is 335 g/mol. The highest BCUT2D eigenvalue weighted by molar-refractivity contribution is 5.92. The predicted molar refractivity (Wildman–Crippen MR) is 95.2 cm³/mol. The molecule has 3 aromatic rings. The van der Waals surface area contributed by atoms with Crippen molar-refractivity contribution in [2.45, 2.75) is 25.7 Å². The Balaban J connectivity index is 1.46. The first-order chi connectivity index (χ1) is 12.2. The summed E-state index contributed by atoms with van der Waals surface area (Å²) in [5, 5.41) is 7.11. The zero-order chi connectivity index (χ0) is 17.2. The van der Waals surface area contributed by atoms with Gasteiger partial charge in [-0.15, -0.1) is 0 Å². The number of imidazole rings is 1. The number of hydrogen-bond donors (Lipinski definition) is 2. The summed E-state index contributed by atoms with van der Waals surface area (Å²) in [5.41, 5.74) is 5.33. The second-order valence-electron chi connectivity index (χ2n) is 6.57. The van der Waals surface area contributed by atoms with E-state index in [-0.39, 0.29) is 5.91 Å². The van der Waals surface area contributed by atoms with Crippen LogP contribution in [0.25, 0.3) is 11.1 Å². The number of rotatable bonds is 3. The van der Waals surface area contributed by atoms with Gasteiger partial charge in [-0.25, -0.2) is 4.98 Å². The summed E-state index contributed by atoms with van der Waals surface area (Å²) in [6.07, 6.45) is 6.97. The smallest absolute Gasteiger partial charge is 0.271 e. The molecule has 0 spiro atoms. The summed E-state index contributed by atoms with van der Waals surface area (Å²) < 4.78 is 0. The van der Waals surface area contributed by atoms with Gasteiger partial charge in [-0.2, -0.15) is 5.10 Å². The quantitative estimate of drug-likeness (QED) is 0.772. The molecule has 0 aliphatic carbocycles. The lowest BCUT2D eigenvalue weighted by Gasteiger charge is -2.32. The molecule has 0 saturated carbocycles. The average Bonchev–Trinajstić information content (AvgIpc) is 3.33. The summed E-state index contributed by atoms with van der Waals surface area (Å²) in [7, 11) is 0. The molecular formula is C19H21N5O. The van der Waals surface area contributed by atoms with Gasteiger partial charge < -0.3 is 9.88 Å². The molecule has 1 amide bonds. The van der Waals surface area contributed by atoms with Crippen LogP contribution in [-0.2, 0) is 0 Å². The van der Waals surface area contributed by atoms with Crippen molar-refractivity contribution in [3.05, 3.63) is 59.9 Å². The van der Waals surface area contributed by atoms with Crippen LogP contribution in [0.2, 0.25) is 0 Å². The third kappa shape index (κ3) is 3.07. The molecule has 1 aliphatic rings. The number of aromatic amines is 2. The van der Waals surface area contributed by atoms with Crippen molar-refractivity contribution in [3.8, 4) is 11.1 Å². The number of nitrogens with zero attached hydrogens (tertiary/aromatic N) is 3. The van der Waals surface area contributed by atoms with Gasteiger partial charge in [0.2, 0.25) is 0 Å². The Kier molecular flexibility index (Phi) is 4.09. The summed E-state index contributed by atoms with van der Waals surface area (Å²) in [4.78, 5) is 21.1. The fraction of sp³-hybridized carbons (Fsp3) is 0.316. The number of H-pyrrole nitrogens is 2. The Labute approximate surface area is 146 Å². The lowest BCUT2D eigenvalue weighted by atomic mass is 9.88. The Morgan fingerprint density at radius 2 is 2.08 bits per heavy atom. The Bertz CT molecular complexity index is 860. The number of hydrogen-bond acceptors (Lipinski definition) is 3. The normalized spacial score (nSPS) is 15.5. The zero-order valence-corrected chi connectivity index (χ0v) is 14.2. The number of aromatic nitrogens is 4. The summed E-state index contributed by atoms with van der Waals surface area (Å²) in [6.45, 7) is 3.59. The SMILES string of the molecule is Cc1[nH]ncc1-c1cccc(C2CCN(C(=O)c3cnc[nH]3)CC2)c1. The van der Waals surface area contributed by atoms with Gasteiger partial charge in [-0.3, -0.25) is 9.89 Å². The van der Waals surface area contributed by atoms with E-state index in [9.17, 15) is 4.79 Å². The molecule has 1 fully saturated rings. The molecule has 6 nitrogen and oxygen atoms in total. The topological polar surface area (TPSA) is 77.7 Å². The first-order valence-corrected chi connectivity index (χ1v) is 8.60. The molecule has 2 N–H and O–H groups in total. The van der Waals surface area contributed by atoms with Crippen LogP contribution in [0.5, 0.6) is 0 Å². The van der Waals surface area contributed by atoms with Crippen LogP contribution >= 0.6 is 0 Å². The van der Waals surface area contributed by atoms with E-state index in [1.54, 1.807) is 12.5 Å². The van der Waals surface area contributed by atoms with Crippen molar-refractivity contribution in [1.82, 2.24) is 25.1 Å². The number of carbonyl (C=O) groups excluding carboxylic acids is 1. The molecule has 25 heavy (non-hydrogen) atoms. The minimum absolute atomic E-state index is 0.0405. The fourth-order valence-corrected chi connectivity index (χ4v) is 3.56. The number of amides is 1. The van der Waals surface area contributed by atoms with E-state index in [0.29, 0.717) is 11.6 Å². The van der Waals surface area contributed by atoms with E-state index in [0.717, 1.165) is 37.2 Å². The Morgan fingerprint density at radius 1 is 1.24 bits per heavy atom. The highest BCUT2D eigenvalue weighted by Crippen LogP contribution is 2.31. The molecule has 0 bridgehead atoms. The summed E-state index contributed by atoms with van der Waals surface area (Å²) in [6, 6.07) is 8.68. The lowest BCUT2D eigenvalue weighted by molar-refractivity contribution is 0.0707. The van der Waals surface area contributed by atoms with E-state index in [1.165, 1.54) is 11.1 Å². The minimum Gasteiger partial charge on any atom is -0.341 e. The van der Waals surface area contributed by atoms with Gasteiger partial charge in [0.1, 0.15) is 5.69 Å². The molecule has 1 saturated heterocycles. The number of piperidine rings is 1. The Morgan fingerprint density at radius 3 is 2.76 bits per heavy atom. The number of likely N-dealkylation sites (tertiary alicyclic amines) is 1. The number of aryl methyl sites for hydroxylation is 1. The molecule has 4 rings (SSSR count). The van der Waals surface area contributed by atoms with Crippen molar-refractivity contribution in [2.75, 3.05) is 13.1 Å². The first-order valence-electron chi connectivity index (χ1n) is 8.60. The fourth-order valence-electron chi connectivity index (χ4n) is 3.56. The monoisotopic (exact) mass is 335 g/mol. The minimum atomic E-state index is 0.0405. The number of nitrogens with one attached hydrogen (secondary N) is 2. The standard InChI is InChI=1S/C19H21N5O/c1-13-17(10-22-23-13)16-4-2-3-15(9-16)14-5-7-24(8-6-14)19(25)18-11-20-12-21-18/h2-4,9-12,14H,5-8H2,1H3,(H,20,21)(H,22,23). The van der Waals surface area contributed by atoms with E-state index < -0.39 is 0 Å². The maximum Gasteiger partial charge on any atom is 0.271 e. The molecule has 0 unspecified atom stereocenters. The second kappa shape index (κ2) is 6.55. The van der Waals surface area contributed by atoms with Gasteiger partial charge in [0.15, 0.2) is 0 Å². The van der Waals surface area contributed by atoms with Crippen LogP contribution in [-0.4, -0.2) is 44.1 Å². The molecule has 2 aromatic heterocycles. The number of carbonyl (C=O) groups is 1. The maximum atomic E-state index is 12.4. The van der Waals surface area contributed by atoms with Gasteiger partial charge in [0.05, 0.1) is 18.7 Å². The van der Waals surface area contributed by atoms with Gasteiger partial charge in [-0.05, 0) is 36.8 Å². The third-order valence-electron chi connectivity index (χ3n) is 5.01. The lowest BCUT2D eigenvalue weighted by Crippen LogP contribution is -2.38. The molecule has 3 heterocycles. The van der Waals surface area contributed by atoms with Crippen LogP contribution < -0.4 is 0 Å². The van der Waals surface area contributed by atoms with E-state index in [1.807, 2.05) is 18.0 Å². The van der Waals surface area contributed by atoms with Gasteiger partial charge in [0, 0.05) is 24.3 Å². The molecule has 6 heteroatoms. The summed E-state index contributed by atoms with van der Waals surface area (Å²) >= 11 is 0. The van der Waals surface area contributed by atoms with E-state index >= 15 is 0 Å².